The van der Waals surface area contributed by atoms with E-state index in [4.69, 9.17) is 10.5 Å². The summed E-state index contributed by atoms with van der Waals surface area (Å²) in [7, 11) is -2.46. The van der Waals surface area contributed by atoms with Crippen LogP contribution >= 0.6 is 11.3 Å². The Bertz CT molecular complexity index is 1090. The van der Waals surface area contributed by atoms with Crippen LogP contribution in [0.3, 0.4) is 0 Å². The molecule has 0 bridgehead atoms. The summed E-state index contributed by atoms with van der Waals surface area (Å²) in [5.74, 6) is -0.505. The highest BCUT2D eigenvalue weighted by Gasteiger charge is 2.33. The van der Waals surface area contributed by atoms with Crippen LogP contribution in [0.1, 0.15) is 33.8 Å². The predicted octanol–water partition coefficient (Wildman–Crippen LogP) is 1.35. The standard InChI is InChI=1S/C18H20N4O5S2/c1-27-14-5-4-11(8-12(14)16(19)23)29(25,26)22-7-6-13-15(9-22)28-18(20-13)21-17(24)10-2-3-10/h4-5,8,10H,2-3,6-7,9H2,1H3,(H2,19,23)(H,20,21,24). The molecule has 4 rings (SSSR count). The third-order valence-electron chi connectivity index (χ3n) is 4.95. The first-order valence-electron chi connectivity index (χ1n) is 9.07. The van der Waals surface area contributed by atoms with Gasteiger partial charge in [0.25, 0.3) is 5.91 Å². The minimum absolute atomic E-state index is 0.00846. The molecule has 1 aliphatic carbocycles. The summed E-state index contributed by atoms with van der Waals surface area (Å²) in [4.78, 5) is 28.8. The van der Waals surface area contributed by atoms with Crippen LogP contribution in [0.4, 0.5) is 5.13 Å². The molecule has 154 valence electrons. The number of benzene rings is 1. The average molecular weight is 437 g/mol. The third kappa shape index (κ3) is 3.85. The van der Waals surface area contributed by atoms with Gasteiger partial charge in [-0.15, -0.1) is 11.3 Å². The number of fused-ring (bicyclic) bond motifs is 1. The fraction of sp³-hybridized carbons (Fsp3) is 0.389. The Hall–Kier alpha value is -2.50. The zero-order valence-corrected chi connectivity index (χ0v) is 17.3. The van der Waals surface area contributed by atoms with Crippen molar-refractivity contribution in [2.75, 3.05) is 19.0 Å². The highest BCUT2D eigenvalue weighted by atomic mass is 32.2. The number of aromatic nitrogens is 1. The van der Waals surface area contributed by atoms with E-state index in [0.717, 1.165) is 23.4 Å². The molecular weight excluding hydrogens is 416 g/mol. The van der Waals surface area contributed by atoms with Crippen molar-refractivity contribution >= 4 is 38.3 Å². The summed E-state index contributed by atoms with van der Waals surface area (Å²) in [5, 5.41) is 3.32. The maximum absolute atomic E-state index is 13.1. The van der Waals surface area contributed by atoms with Crippen LogP contribution in [0.2, 0.25) is 0 Å². The molecule has 0 atom stereocenters. The quantitative estimate of drug-likeness (QED) is 0.702. The maximum atomic E-state index is 13.1. The molecule has 1 fully saturated rings. The Kier molecular flexibility index (Phi) is 5.05. The molecule has 1 saturated carbocycles. The molecule has 11 heteroatoms. The van der Waals surface area contributed by atoms with Crippen LogP contribution < -0.4 is 15.8 Å². The number of nitrogens with zero attached hydrogens (tertiary/aromatic N) is 2. The van der Waals surface area contributed by atoms with Gasteiger partial charge < -0.3 is 15.8 Å². The number of primary amides is 1. The number of rotatable bonds is 6. The Labute approximate surface area is 171 Å². The number of methoxy groups -OCH3 is 1. The van der Waals surface area contributed by atoms with Crippen molar-refractivity contribution in [3.05, 3.63) is 34.3 Å². The zero-order chi connectivity index (χ0) is 20.8. The van der Waals surface area contributed by atoms with Crippen molar-refractivity contribution in [2.24, 2.45) is 11.7 Å². The van der Waals surface area contributed by atoms with E-state index in [1.54, 1.807) is 0 Å². The number of ether oxygens (including phenoxy) is 1. The Balaban J connectivity index is 1.56. The van der Waals surface area contributed by atoms with E-state index in [2.05, 4.69) is 10.3 Å². The van der Waals surface area contributed by atoms with E-state index < -0.39 is 15.9 Å². The Morgan fingerprint density at radius 1 is 1.34 bits per heavy atom. The smallest absolute Gasteiger partial charge is 0.252 e. The van der Waals surface area contributed by atoms with Crippen LogP contribution in [-0.4, -0.2) is 43.2 Å². The molecule has 9 nitrogen and oxygen atoms in total. The Morgan fingerprint density at radius 3 is 2.76 bits per heavy atom. The SMILES string of the molecule is COc1ccc(S(=O)(=O)N2CCc3nc(NC(=O)C4CC4)sc3C2)cc1C(N)=O. The summed E-state index contributed by atoms with van der Waals surface area (Å²) >= 11 is 1.29. The number of anilines is 1. The van der Waals surface area contributed by atoms with Gasteiger partial charge in [-0.3, -0.25) is 9.59 Å². The average Bonchev–Trinajstić information content (AvgIpc) is 3.47. The van der Waals surface area contributed by atoms with Crippen LogP contribution in [0, 0.1) is 5.92 Å². The molecule has 2 heterocycles. The molecule has 3 N–H and O–H groups in total. The molecule has 0 spiro atoms. The summed E-state index contributed by atoms with van der Waals surface area (Å²) < 4.78 is 32.6. The number of sulfonamides is 1. The number of carbonyl (C=O) groups excluding carboxylic acids is 2. The maximum Gasteiger partial charge on any atom is 0.252 e. The lowest BCUT2D eigenvalue weighted by Crippen LogP contribution is -2.35. The number of carbonyl (C=O) groups is 2. The van der Waals surface area contributed by atoms with Crippen molar-refractivity contribution in [3.63, 3.8) is 0 Å². The van der Waals surface area contributed by atoms with Gasteiger partial charge in [-0.05, 0) is 31.0 Å². The molecule has 29 heavy (non-hydrogen) atoms. The third-order valence-corrected chi connectivity index (χ3v) is 7.79. The lowest BCUT2D eigenvalue weighted by Gasteiger charge is -2.25. The topological polar surface area (TPSA) is 132 Å². The minimum atomic E-state index is -3.84. The van der Waals surface area contributed by atoms with E-state index in [1.165, 1.54) is 41.0 Å². The van der Waals surface area contributed by atoms with Crippen molar-refractivity contribution in [1.29, 1.82) is 0 Å². The van der Waals surface area contributed by atoms with Crippen molar-refractivity contribution < 1.29 is 22.7 Å². The van der Waals surface area contributed by atoms with Gasteiger partial charge in [0.15, 0.2) is 5.13 Å². The van der Waals surface area contributed by atoms with Gasteiger partial charge in [0, 0.05) is 23.8 Å². The first kappa shape index (κ1) is 19.8. The number of hydrogen-bond donors (Lipinski definition) is 2. The lowest BCUT2D eigenvalue weighted by molar-refractivity contribution is -0.117. The van der Waals surface area contributed by atoms with Crippen molar-refractivity contribution in [2.45, 2.75) is 30.7 Å². The summed E-state index contributed by atoms with van der Waals surface area (Å²) in [6.07, 6.45) is 2.25. The van der Waals surface area contributed by atoms with E-state index in [9.17, 15) is 18.0 Å². The second-order valence-corrected chi connectivity index (χ2v) is 9.99. The lowest BCUT2D eigenvalue weighted by atomic mass is 10.2. The van der Waals surface area contributed by atoms with E-state index >= 15 is 0 Å². The number of amides is 2. The van der Waals surface area contributed by atoms with Crippen molar-refractivity contribution in [1.82, 2.24) is 9.29 Å². The zero-order valence-electron chi connectivity index (χ0n) is 15.7. The van der Waals surface area contributed by atoms with Crippen LogP contribution in [0.15, 0.2) is 23.1 Å². The molecule has 2 aliphatic rings. The summed E-state index contributed by atoms with van der Waals surface area (Å²) in [5.41, 5.74) is 6.16. The molecule has 2 amide bonds. The fourth-order valence-electron chi connectivity index (χ4n) is 3.17. The second-order valence-electron chi connectivity index (χ2n) is 6.97. The Morgan fingerprint density at radius 2 is 2.10 bits per heavy atom. The van der Waals surface area contributed by atoms with Gasteiger partial charge in [-0.25, -0.2) is 13.4 Å². The number of hydrogen-bond acceptors (Lipinski definition) is 7. The molecule has 0 radical (unpaired) electrons. The van der Waals surface area contributed by atoms with E-state index in [-0.39, 0.29) is 41.1 Å². The summed E-state index contributed by atoms with van der Waals surface area (Å²) in [6.45, 7) is 0.416. The highest BCUT2D eigenvalue weighted by molar-refractivity contribution is 7.89. The largest absolute Gasteiger partial charge is 0.496 e. The number of nitrogens with two attached hydrogens (primary N) is 1. The highest BCUT2D eigenvalue weighted by Crippen LogP contribution is 2.34. The van der Waals surface area contributed by atoms with E-state index in [0.29, 0.717) is 11.6 Å². The number of nitrogens with one attached hydrogen (secondary N) is 1. The molecular formula is C18H20N4O5S2. The number of thiazole rings is 1. The van der Waals surface area contributed by atoms with Gasteiger partial charge in [-0.1, -0.05) is 0 Å². The van der Waals surface area contributed by atoms with Crippen LogP contribution in [0.25, 0.3) is 0 Å². The monoisotopic (exact) mass is 436 g/mol. The fourth-order valence-corrected chi connectivity index (χ4v) is 5.72. The first-order valence-corrected chi connectivity index (χ1v) is 11.3. The molecule has 1 aromatic carbocycles. The molecule has 2 aromatic rings. The van der Waals surface area contributed by atoms with Gasteiger partial charge in [0.05, 0.1) is 29.8 Å². The molecule has 1 aliphatic heterocycles. The second kappa shape index (κ2) is 7.39. The van der Waals surface area contributed by atoms with E-state index in [1.807, 2.05) is 0 Å². The molecule has 0 saturated heterocycles. The van der Waals surface area contributed by atoms with Crippen LogP contribution in [-0.2, 0) is 27.8 Å². The molecule has 0 unspecified atom stereocenters. The minimum Gasteiger partial charge on any atom is -0.496 e. The van der Waals surface area contributed by atoms with Gasteiger partial charge in [0.2, 0.25) is 15.9 Å². The first-order chi connectivity index (χ1) is 13.8. The molecule has 1 aromatic heterocycles. The summed E-state index contributed by atoms with van der Waals surface area (Å²) in [6, 6.07) is 4.05. The predicted molar refractivity (Wildman–Crippen MR) is 106 cm³/mol. The van der Waals surface area contributed by atoms with Gasteiger partial charge in [0.1, 0.15) is 5.75 Å². The van der Waals surface area contributed by atoms with Gasteiger partial charge >= 0.3 is 0 Å². The van der Waals surface area contributed by atoms with Gasteiger partial charge in [-0.2, -0.15) is 4.31 Å². The normalized spacial score (nSPS) is 16.9. The van der Waals surface area contributed by atoms with Crippen LogP contribution in [0.5, 0.6) is 5.75 Å². The van der Waals surface area contributed by atoms with Crippen molar-refractivity contribution in [3.8, 4) is 5.75 Å².